The summed E-state index contributed by atoms with van der Waals surface area (Å²) in [5.74, 6) is -0.629. The van der Waals surface area contributed by atoms with Gasteiger partial charge in [-0.05, 0) is 0 Å². The molecule has 0 aliphatic carbocycles. The Balaban J connectivity index is 2.92. The minimum atomic E-state index is -3.78. The molecule has 8 heteroatoms. The van der Waals surface area contributed by atoms with Crippen LogP contribution in [0, 0.1) is 0 Å². The molecule has 6 nitrogen and oxygen atoms in total. The first kappa shape index (κ1) is 10.7. The summed E-state index contributed by atoms with van der Waals surface area (Å²) in [7, 11) is -7.27. The van der Waals surface area contributed by atoms with Gasteiger partial charge in [0.25, 0.3) is 0 Å². The van der Waals surface area contributed by atoms with E-state index in [0.717, 1.165) is 17.3 Å². The molecule has 1 aromatic rings. The highest BCUT2D eigenvalue weighted by Crippen LogP contribution is 2.55. The van der Waals surface area contributed by atoms with Gasteiger partial charge >= 0.3 is 7.52 Å². The van der Waals surface area contributed by atoms with Crippen LogP contribution in [0.15, 0.2) is 18.7 Å². The summed E-state index contributed by atoms with van der Waals surface area (Å²) in [6.45, 7) is 1.05. The van der Waals surface area contributed by atoms with Crippen LogP contribution in [0.4, 0.5) is 0 Å². The van der Waals surface area contributed by atoms with Crippen LogP contribution in [0.1, 0.15) is 0 Å². The molecule has 2 atom stereocenters. The van der Waals surface area contributed by atoms with E-state index < -0.39 is 20.8 Å². The fourth-order valence-corrected chi connectivity index (χ4v) is 4.66. The zero-order chi connectivity index (χ0) is 10.1. The molecule has 0 fully saturated rings. The molecule has 0 radical (unpaired) electrons. The third kappa shape index (κ3) is 3.08. The molecule has 0 aromatic carbocycles. The Morgan fingerprint density at radius 2 is 2.08 bits per heavy atom. The van der Waals surface area contributed by atoms with Crippen molar-refractivity contribution in [3.05, 3.63) is 18.7 Å². The van der Waals surface area contributed by atoms with E-state index in [1.807, 2.05) is 0 Å². The molecule has 0 spiro atoms. The van der Waals surface area contributed by atoms with Crippen molar-refractivity contribution < 1.29 is 18.9 Å². The maximum absolute atomic E-state index is 11.4. The zero-order valence-corrected chi connectivity index (χ0v) is 8.73. The number of aromatic nitrogens is 2. The maximum Gasteiger partial charge on any atom is 0.308 e. The van der Waals surface area contributed by atoms with Gasteiger partial charge in [-0.2, -0.15) is 0 Å². The molecule has 1 heterocycles. The minimum Gasteiger partial charge on any atom is -0.344 e. The molecule has 2 unspecified atom stereocenters. The average Bonchev–Trinajstić information content (AvgIpc) is 2.29. The second-order valence-corrected chi connectivity index (χ2v) is 7.82. The first-order valence-electron chi connectivity index (χ1n) is 3.41. The Morgan fingerprint density at radius 1 is 1.46 bits per heavy atom. The molecule has 0 bridgehead atoms. The molecule has 1 aromatic heterocycles. The van der Waals surface area contributed by atoms with Crippen LogP contribution in [0.25, 0.3) is 0 Å². The predicted octanol–water partition coefficient (Wildman–Crippen LogP) is 0.774. The topological polar surface area (TPSA) is 92.4 Å². The standard InChI is InChI=1S/C5H10N2O4P2/c1-12(8,9)5-13(10,11)7-3-2-6-4-7/h2-4H,5H2,1H3,(H,8,9)(H,10,11). The average molecular weight is 224 g/mol. The summed E-state index contributed by atoms with van der Waals surface area (Å²) < 4.78 is 23.3. The minimum absolute atomic E-state index is 0.629. The van der Waals surface area contributed by atoms with Crippen molar-refractivity contribution in [1.29, 1.82) is 0 Å². The van der Waals surface area contributed by atoms with Crippen molar-refractivity contribution in [2.24, 2.45) is 0 Å². The number of rotatable bonds is 3. The van der Waals surface area contributed by atoms with Crippen LogP contribution in [0.2, 0.25) is 0 Å². The van der Waals surface area contributed by atoms with Gasteiger partial charge in [0.1, 0.15) is 12.2 Å². The largest absolute Gasteiger partial charge is 0.344 e. The lowest BCUT2D eigenvalue weighted by Gasteiger charge is -2.13. The molecule has 13 heavy (non-hydrogen) atoms. The van der Waals surface area contributed by atoms with Crippen LogP contribution < -0.4 is 0 Å². The van der Waals surface area contributed by atoms with Crippen molar-refractivity contribution in [2.45, 2.75) is 0 Å². The molecule has 0 saturated carbocycles. The van der Waals surface area contributed by atoms with Gasteiger partial charge in [0.05, 0.1) is 0 Å². The van der Waals surface area contributed by atoms with Gasteiger partial charge in [0.2, 0.25) is 7.37 Å². The van der Waals surface area contributed by atoms with Crippen molar-refractivity contribution in [3.8, 4) is 0 Å². The van der Waals surface area contributed by atoms with E-state index in [4.69, 9.17) is 4.89 Å². The number of hydrogen-bond donors (Lipinski definition) is 2. The molecule has 1 rings (SSSR count). The summed E-state index contributed by atoms with van der Waals surface area (Å²) >= 11 is 0. The molecule has 74 valence electrons. The molecular weight excluding hydrogens is 214 g/mol. The first-order valence-corrected chi connectivity index (χ1v) is 7.50. The van der Waals surface area contributed by atoms with Crippen molar-refractivity contribution >= 4 is 14.9 Å². The Bertz CT molecular complexity index is 368. The normalized spacial score (nSPS) is 20.5. The second kappa shape index (κ2) is 3.39. The number of hydrogen-bond acceptors (Lipinski definition) is 3. The summed E-state index contributed by atoms with van der Waals surface area (Å²) in [6.07, 6.45) is 3.77. The van der Waals surface area contributed by atoms with E-state index >= 15 is 0 Å². The summed E-state index contributed by atoms with van der Waals surface area (Å²) in [5.41, 5.74) is 0. The van der Waals surface area contributed by atoms with Crippen LogP contribution in [-0.2, 0) is 9.13 Å². The van der Waals surface area contributed by atoms with Gasteiger partial charge in [0.15, 0.2) is 0 Å². The Morgan fingerprint density at radius 3 is 2.46 bits per heavy atom. The fraction of sp³-hybridized carbons (Fsp3) is 0.400. The Hall–Kier alpha value is -0.410. The quantitative estimate of drug-likeness (QED) is 0.740. The van der Waals surface area contributed by atoms with Gasteiger partial charge in [-0.25, -0.2) is 4.98 Å². The molecular formula is C5H10N2O4P2. The monoisotopic (exact) mass is 224 g/mol. The summed E-state index contributed by atoms with van der Waals surface area (Å²) in [5, 5.41) is 0. The number of imidazole rings is 1. The van der Waals surface area contributed by atoms with Crippen LogP contribution in [-0.4, -0.2) is 31.7 Å². The lowest BCUT2D eigenvalue weighted by atomic mass is 11.0. The lowest BCUT2D eigenvalue weighted by molar-refractivity contribution is 0.462. The van der Waals surface area contributed by atoms with Gasteiger partial charge in [-0.3, -0.25) is 13.5 Å². The molecule has 0 saturated heterocycles. The molecule has 0 aliphatic rings. The Kier molecular flexibility index (Phi) is 2.78. The predicted molar refractivity (Wildman–Crippen MR) is 48.1 cm³/mol. The molecule has 2 N–H and O–H groups in total. The van der Waals surface area contributed by atoms with E-state index in [2.05, 4.69) is 4.98 Å². The van der Waals surface area contributed by atoms with Crippen molar-refractivity contribution in [1.82, 2.24) is 9.32 Å². The molecule has 0 aliphatic heterocycles. The van der Waals surface area contributed by atoms with E-state index in [0.29, 0.717) is 0 Å². The fourth-order valence-electron chi connectivity index (χ4n) is 0.852. The smallest absolute Gasteiger partial charge is 0.308 e. The maximum atomic E-state index is 11.4. The van der Waals surface area contributed by atoms with Gasteiger partial charge in [-0.15, -0.1) is 0 Å². The highest BCUT2D eigenvalue weighted by atomic mass is 31.2. The van der Waals surface area contributed by atoms with Crippen molar-refractivity contribution in [2.75, 3.05) is 12.6 Å². The zero-order valence-electron chi connectivity index (χ0n) is 6.94. The number of nitrogens with zero attached hydrogens (tertiary/aromatic N) is 2. The van der Waals surface area contributed by atoms with E-state index in [1.165, 1.54) is 12.4 Å². The van der Waals surface area contributed by atoms with Crippen LogP contribution in [0.5, 0.6) is 0 Å². The van der Waals surface area contributed by atoms with Crippen molar-refractivity contribution in [3.63, 3.8) is 0 Å². The highest BCUT2D eigenvalue weighted by molar-refractivity contribution is 7.74. The van der Waals surface area contributed by atoms with Gasteiger partial charge in [0, 0.05) is 19.1 Å². The third-order valence-electron chi connectivity index (χ3n) is 1.30. The first-order chi connectivity index (χ1) is 5.81. The van der Waals surface area contributed by atoms with Crippen LogP contribution >= 0.6 is 14.9 Å². The van der Waals surface area contributed by atoms with Crippen LogP contribution in [0.3, 0.4) is 0 Å². The van der Waals surface area contributed by atoms with Gasteiger partial charge < -0.3 is 9.79 Å². The molecule has 0 amide bonds. The highest BCUT2D eigenvalue weighted by Gasteiger charge is 2.28. The summed E-state index contributed by atoms with van der Waals surface area (Å²) in [4.78, 5) is 21.9. The van der Waals surface area contributed by atoms with E-state index in [9.17, 15) is 14.0 Å². The van der Waals surface area contributed by atoms with Gasteiger partial charge in [-0.1, -0.05) is 0 Å². The van der Waals surface area contributed by atoms with E-state index in [1.54, 1.807) is 0 Å². The summed E-state index contributed by atoms with van der Waals surface area (Å²) in [6, 6.07) is 0. The second-order valence-electron chi connectivity index (χ2n) is 2.80. The Labute approximate surface area is 75.2 Å². The third-order valence-corrected chi connectivity index (χ3v) is 5.83. The van der Waals surface area contributed by atoms with E-state index in [-0.39, 0.29) is 0 Å². The SMILES string of the molecule is CP(=O)(O)CP(=O)(O)n1ccnc1. The lowest BCUT2D eigenvalue weighted by Crippen LogP contribution is -1.98.